The van der Waals surface area contributed by atoms with Crippen LogP contribution >= 0.6 is 0 Å². The highest BCUT2D eigenvalue weighted by atomic mass is 16.5. The van der Waals surface area contributed by atoms with E-state index in [0.717, 1.165) is 6.29 Å². The number of hydrogen-bond acceptors (Lipinski definition) is 5. The Bertz CT molecular complexity index is 700. The molecule has 5 nitrogen and oxygen atoms in total. The predicted octanol–water partition coefficient (Wildman–Crippen LogP) is 3.33. The predicted molar refractivity (Wildman–Crippen MR) is 70.4 cm³/mol. The van der Waals surface area contributed by atoms with Crippen LogP contribution in [0.3, 0.4) is 0 Å². The van der Waals surface area contributed by atoms with Crippen molar-refractivity contribution in [1.29, 1.82) is 0 Å². The topological polar surface area (TPSA) is 65.5 Å². The van der Waals surface area contributed by atoms with Crippen molar-refractivity contribution in [3.63, 3.8) is 0 Å². The molecule has 3 rings (SSSR count). The van der Waals surface area contributed by atoms with E-state index in [4.69, 9.17) is 13.7 Å². The zero-order valence-corrected chi connectivity index (χ0v) is 10.5. The van der Waals surface area contributed by atoms with Gasteiger partial charge in [0.1, 0.15) is 24.3 Å². The lowest BCUT2D eigenvalue weighted by Crippen LogP contribution is -1.95. The standard InChI is InChI=1S/C15H11NO4/c17-9-11-3-1-4-13(7-11)19-10-12-8-15(20-16-12)14-5-2-6-18-14/h1-9H,10H2. The average molecular weight is 269 g/mol. The van der Waals surface area contributed by atoms with Crippen molar-refractivity contribution in [3.8, 4) is 17.3 Å². The van der Waals surface area contributed by atoms with E-state index in [1.54, 1.807) is 48.7 Å². The van der Waals surface area contributed by atoms with Crippen LogP contribution in [0.1, 0.15) is 16.1 Å². The van der Waals surface area contributed by atoms with E-state index < -0.39 is 0 Å². The maximum Gasteiger partial charge on any atom is 0.202 e. The van der Waals surface area contributed by atoms with Gasteiger partial charge in [0.25, 0.3) is 0 Å². The van der Waals surface area contributed by atoms with Gasteiger partial charge < -0.3 is 13.7 Å². The highest BCUT2D eigenvalue weighted by Gasteiger charge is 2.09. The maximum absolute atomic E-state index is 10.7. The zero-order valence-electron chi connectivity index (χ0n) is 10.5. The van der Waals surface area contributed by atoms with Crippen molar-refractivity contribution in [3.05, 3.63) is 60.0 Å². The van der Waals surface area contributed by atoms with Crippen LogP contribution in [0.2, 0.25) is 0 Å². The fourth-order valence-corrected chi connectivity index (χ4v) is 1.75. The number of nitrogens with zero attached hydrogens (tertiary/aromatic N) is 1. The number of carbonyl (C=O) groups is 1. The minimum atomic E-state index is 0.256. The zero-order chi connectivity index (χ0) is 13.8. The molecule has 0 aliphatic heterocycles. The van der Waals surface area contributed by atoms with Gasteiger partial charge in [0.2, 0.25) is 5.76 Å². The Morgan fingerprint density at radius 3 is 2.90 bits per heavy atom. The Hall–Kier alpha value is -2.82. The van der Waals surface area contributed by atoms with Gasteiger partial charge in [-0.2, -0.15) is 0 Å². The lowest BCUT2D eigenvalue weighted by atomic mass is 10.2. The van der Waals surface area contributed by atoms with Gasteiger partial charge in [0, 0.05) is 11.6 Å². The molecule has 0 N–H and O–H groups in total. The highest BCUT2D eigenvalue weighted by molar-refractivity contribution is 5.75. The van der Waals surface area contributed by atoms with E-state index >= 15 is 0 Å². The van der Waals surface area contributed by atoms with Gasteiger partial charge in [0.15, 0.2) is 5.76 Å². The molecule has 3 aromatic rings. The Morgan fingerprint density at radius 1 is 1.15 bits per heavy atom. The van der Waals surface area contributed by atoms with E-state index in [9.17, 15) is 4.79 Å². The van der Waals surface area contributed by atoms with Crippen molar-refractivity contribution in [2.24, 2.45) is 0 Å². The quantitative estimate of drug-likeness (QED) is 0.665. The first-order valence-electron chi connectivity index (χ1n) is 6.02. The number of aldehydes is 1. The molecule has 20 heavy (non-hydrogen) atoms. The minimum absolute atomic E-state index is 0.256. The normalized spacial score (nSPS) is 10.4. The molecule has 0 atom stereocenters. The molecule has 0 saturated carbocycles. The maximum atomic E-state index is 10.7. The van der Waals surface area contributed by atoms with Crippen molar-refractivity contribution < 1.29 is 18.5 Å². The number of benzene rings is 1. The summed E-state index contributed by atoms with van der Waals surface area (Å²) in [6.45, 7) is 0.256. The molecule has 2 aromatic heterocycles. The molecule has 0 unspecified atom stereocenters. The molecule has 0 radical (unpaired) electrons. The van der Waals surface area contributed by atoms with Crippen LogP contribution in [0.25, 0.3) is 11.5 Å². The first-order chi connectivity index (χ1) is 9.85. The third kappa shape index (κ3) is 2.61. The number of aromatic nitrogens is 1. The van der Waals surface area contributed by atoms with Gasteiger partial charge >= 0.3 is 0 Å². The molecule has 1 aromatic carbocycles. The molecule has 2 heterocycles. The lowest BCUT2D eigenvalue weighted by molar-refractivity contribution is 0.112. The molecule has 0 aliphatic rings. The summed E-state index contributed by atoms with van der Waals surface area (Å²) >= 11 is 0. The molecule has 0 bridgehead atoms. The molecule has 0 fully saturated rings. The number of rotatable bonds is 5. The van der Waals surface area contributed by atoms with Crippen LogP contribution in [0.4, 0.5) is 0 Å². The summed E-state index contributed by atoms with van der Waals surface area (Å²) in [6.07, 6.45) is 2.34. The second kappa shape index (κ2) is 5.44. The fraction of sp³-hybridized carbons (Fsp3) is 0.0667. The first kappa shape index (κ1) is 12.2. The van der Waals surface area contributed by atoms with Crippen molar-refractivity contribution >= 4 is 6.29 Å². The highest BCUT2D eigenvalue weighted by Crippen LogP contribution is 2.21. The van der Waals surface area contributed by atoms with E-state index in [2.05, 4.69) is 5.16 Å². The molecule has 100 valence electrons. The number of furan rings is 1. The Morgan fingerprint density at radius 2 is 2.10 bits per heavy atom. The van der Waals surface area contributed by atoms with Crippen LogP contribution in [0.15, 0.2) is 57.7 Å². The van der Waals surface area contributed by atoms with Crippen LogP contribution in [0.5, 0.6) is 5.75 Å². The molecular formula is C15H11NO4. The number of hydrogen-bond donors (Lipinski definition) is 0. The Balaban J connectivity index is 1.68. The molecule has 0 amide bonds. The van der Waals surface area contributed by atoms with Gasteiger partial charge in [0.05, 0.1) is 6.26 Å². The second-order valence-electron chi connectivity index (χ2n) is 4.14. The summed E-state index contributed by atoms with van der Waals surface area (Å²) in [4.78, 5) is 10.7. The average Bonchev–Trinajstić information content (AvgIpc) is 3.16. The third-order valence-electron chi connectivity index (χ3n) is 2.70. The fourth-order valence-electron chi connectivity index (χ4n) is 1.75. The lowest BCUT2D eigenvalue weighted by Gasteiger charge is -2.03. The second-order valence-corrected chi connectivity index (χ2v) is 4.14. The SMILES string of the molecule is O=Cc1cccc(OCc2cc(-c3ccco3)on2)c1. The molecular weight excluding hydrogens is 258 g/mol. The molecule has 0 spiro atoms. The van der Waals surface area contributed by atoms with E-state index in [1.165, 1.54) is 0 Å². The molecule has 0 saturated heterocycles. The van der Waals surface area contributed by atoms with Gasteiger partial charge in [-0.3, -0.25) is 4.79 Å². The minimum Gasteiger partial charge on any atom is -0.487 e. The van der Waals surface area contributed by atoms with Gasteiger partial charge in [-0.1, -0.05) is 17.3 Å². The third-order valence-corrected chi connectivity index (χ3v) is 2.70. The summed E-state index contributed by atoms with van der Waals surface area (Å²) in [5.41, 5.74) is 1.21. The van der Waals surface area contributed by atoms with Crippen molar-refractivity contribution in [2.75, 3.05) is 0 Å². The summed E-state index contributed by atoms with van der Waals surface area (Å²) in [7, 11) is 0. The molecule has 0 aliphatic carbocycles. The number of ether oxygens (including phenoxy) is 1. The monoisotopic (exact) mass is 269 g/mol. The summed E-state index contributed by atoms with van der Waals surface area (Å²) in [6, 6.07) is 12.2. The Labute approximate surface area is 114 Å². The van der Waals surface area contributed by atoms with Crippen LogP contribution < -0.4 is 4.74 Å². The van der Waals surface area contributed by atoms with Crippen LogP contribution in [0, 0.1) is 0 Å². The Kier molecular flexibility index (Phi) is 3.33. The summed E-state index contributed by atoms with van der Waals surface area (Å²) in [5.74, 6) is 1.78. The number of carbonyl (C=O) groups excluding carboxylic acids is 1. The summed E-state index contributed by atoms with van der Waals surface area (Å²) < 4.78 is 15.9. The van der Waals surface area contributed by atoms with Gasteiger partial charge in [-0.15, -0.1) is 0 Å². The first-order valence-corrected chi connectivity index (χ1v) is 6.02. The smallest absolute Gasteiger partial charge is 0.202 e. The van der Waals surface area contributed by atoms with Crippen LogP contribution in [-0.2, 0) is 6.61 Å². The van der Waals surface area contributed by atoms with Crippen LogP contribution in [-0.4, -0.2) is 11.4 Å². The van der Waals surface area contributed by atoms with E-state index in [-0.39, 0.29) is 6.61 Å². The van der Waals surface area contributed by atoms with E-state index in [0.29, 0.717) is 28.5 Å². The van der Waals surface area contributed by atoms with Crippen molar-refractivity contribution in [2.45, 2.75) is 6.61 Å². The molecule has 5 heteroatoms. The largest absolute Gasteiger partial charge is 0.487 e. The van der Waals surface area contributed by atoms with E-state index in [1.807, 2.05) is 0 Å². The summed E-state index contributed by atoms with van der Waals surface area (Å²) in [5, 5.41) is 3.90. The van der Waals surface area contributed by atoms with Gasteiger partial charge in [-0.25, -0.2) is 0 Å². The van der Waals surface area contributed by atoms with Gasteiger partial charge in [-0.05, 0) is 24.3 Å². The van der Waals surface area contributed by atoms with Crippen molar-refractivity contribution in [1.82, 2.24) is 5.16 Å².